The average Bonchev–Trinajstić information content (AvgIpc) is 2.53. The predicted molar refractivity (Wildman–Crippen MR) is 86.1 cm³/mol. The molecule has 2 rings (SSSR count). The minimum Gasteiger partial charge on any atom is -0.495 e. The van der Waals surface area contributed by atoms with Gasteiger partial charge in [0.05, 0.1) is 34.4 Å². The molecular weight excluding hydrogens is 318 g/mol. The second kappa shape index (κ2) is 6.69. The lowest BCUT2D eigenvalue weighted by molar-refractivity contribution is -0.393. The zero-order valence-corrected chi connectivity index (χ0v) is 12.8. The summed E-state index contributed by atoms with van der Waals surface area (Å²) in [5.41, 5.74) is 6.30. The number of nitrogen functional groups attached to an aromatic ring is 1. The molecule has 0 aliphatic carbocycles. The number of nitrogens with zero attached hydrogens (tertiary/aromatic N) is 4. The number of azo groups is 1. The average molecular weight is 331 g/mol. The summed E-state index contributed by atoms with van der Waals surface area (Å²) in [7, 11) is 1.45. The fourth-order valence-electron chi connectivity index (χ4n) is 1.95. The number of anilines is 1. The fourth-order valence-corrected chi connectivity index (χ4v) is 1.95. The number of nitro groups is 2. The molecule has 0 unspecified atom stereocenters. The largest absolute Gasteiger partial charge is 0.495 e. The second-order valence-corrected chi connectivity index (χ2v) is 4.77. The highest BCUT2D eigenvalue weighted by atomic mass is 16.6. The molecule has 0 amide bonds. The molecule has 0 radical (unpaired) electrons. The van der Waals surface area contributed by atoms with Gasteiger partial charge in [-0.1, -0.05) is 0 Å². The van der Waals surface area contributed by atoms with Crippen LogP contribution in [0.5, 0.6) is 5.75 Å². The van der Waals surface area contributed by atoms with Crippen LogP contribution >= 0.6 is 0 Å². The predicted octanol–water partition coefficient (Wildman–Crippen LogP) is 3.82. The maximum Gasteiger partial charge on any atom is 0.303 e. The van der Waals surface area contributed by atoms with Crippen LogP contribution in [0.3, 0.4) is 0 Å². The molecule has 0 aliphatic heterocycles. The first-order chi connectivity index (χ1) is 11.3. The van der Waals surface area contributed by atoms with Crippen LogP contribution in [0.4, 0.5) is 28.4 Å². The van der Waals surface area contributed by atoms with Crippen molar-refractivity contribution in [3.05, 3.63) is 56.1 Å². The lowest BCUT2D eigenvalue weighted by Gasteiger charge is -2.07. The zero-order valence-electron chi connectivity index (χ0n) is 12.8. The summed E-state index contributed by atoms with van der Waals surface area (Å²) in [6.07, 6.45) is 0. The van der Waals surface area contributed by atoms with Crippen LogP contribution in [-0.4, -0.2) is 17.0 Å². The van der Waals surface area contributed by atoms with Gasteiger partial charge in [0.2, 0.25) is 0 Å². The highest BCUT2D eigenvalue weighted by molar-refractivity contribution is 5.64. The first-order valence-electron chi connectivity index (χ1n) is 6.62. The van der Waals surface area contributed by atoms with E-state index in [0.717, 1.165) is 12.1 Å². The summed E-state index contributed by atoms with van der Waals surface area (Å²) in [5.74, 6) is 0.396. The van der Waals surface area contributed by atoms with E-state index in [1.165, 1.54) is 13.2 Å². The quantitative estimate of drug-likeness (QED) is 0.381. The Labute approximate surface area is 135 Å². The molecular formula is C14H13N5O5. The number of aryl methyl sites for hydroxylation is 1. The van der Waals surface area contributed by atoms with Gasteiger partial charge in [0.1, 0.15) is 5.75 Å². The third-order valence-electron chi connectivity index (χ3n) is 3.18. The molecule has 2 N–H and O–H groups in total. The minimum atomic E-state index is -0.752. The van der Waals surface area contributed by atoms with E-state index in [2.05, 4.69) is 10.2 Å². The van der Waals surface area contributed by atoms with E-state index in [-0.39, 0.29) is 5.69 Å². The minimum absolute atomic E-state index is 0.0965. The van der Waals surface area contributed by atoms with Gasteiger partial charge in [-0.3, -0.25) is 20.2 Å². The van der Waals surface area contributed by atoms with Crippen LogP contribution < -0.4 is 10.5 Å². The van der Waals surface area contributed by atoms with Crippen LogP contribution in [0.1, 0.15) is 5.56 Å². The molecule has 0 saturated heterocycles. The monoisotopic (exact) mass is 331 g/mol. The van der Waals surface area contributed by atoms with Gasteiger partial charge < -0.3 is 10.5 Å². The summed E-state index contributed by atoms with van der Waals surface area (Å²) in [5, 5.41) is 29.6. The maximum atomic E-state index is 11.1. The van der Waals surface area contributed by atoms with Crippen LogP contribution in [0, 0.1) is 27.2 Å². The van der Waals surface area contributed by atoms with Crippen molar-refractivity contribution >= 4 is 28.4 Å². The van der Waals surface area contributed by atoms with Crippen LogP contribution in [0.15, 0.2) is 40.6 Å². The van der Waals surface area contributed by atoms with Crippen molar-refractivity contribution in [1.29, 1.82) is 0 Å². The van der Waals surface area contributed by atoms with Crippen molar-refractivity contribution in [2.45, 2.75) is 6.92 Å². The Balaban J connectivity index is 2.46. The fraction of sp³-hybridized carbons (Fsp3) is 0.143. The SMILES string of the molecule is COc1cc(/N=N/c2ccc([N+](=O)[O-])cc2[N+](=O)[O-])c(C)cc1N. The molecule has 0 spiro atoms. The Morgan fingerprint density at radius 1 is 1.04 bits per heavy atom. The number of hydrogen-bond donors (Lipinski definition) is 1. The van der Waals surface area contributed by atoms with E-state index in [1.54, 1.807) is 19.1 Å². The Morgan fingerprint density at radius 3 is 2.29 bits per heavy atom. The number of ether oxygens (including phenoxy) is 1. The molecule has 0 heterocycles. The summed E-state index contributed by atoms with van der Waals surface area (Å²) in [6.45, 7) is 1.74. The van der Waals surface area contributed by atoms with Crippen LogP contribution in [-0.2, 0) is 0 Å². The third kappa shape index (κ3) is 3.43. The van der Waals surface area contributed by atoms with Gasteiger partial charge >= 0.3 is 5.69 Å². The third-order valence-corrected chi connectivity index (χ3v) is 3.18. The van der Waals surface area contributed by atoms with Crippen molar-refractivity contribution in [2.75, 3.05) is 12.8 Å². The van der Waals surface area contributed by atoms with Crippen LogP contribution in [0.25, 0.3) is 0 Å². The van der Waals surface area contributed by atoms with Crippen molar-refractivity contribution in [1.82, 2.24) is 0 Å². The number of hydrogen-bond acceptors (Lipinski definition) is 8. The number of benzene rings is 2. The molecule has 10 nitrogen and oxygen atoms in total. The van der Waals surface area contributed by atoms with Gasteiger partial charge in [0.25, 0.3) is 5.69 Å². The first kappa shape index (κ1) is 16.8. The summed E-state index contributed by atoms with van der Waals surface area (Å²) >= 11 is 0. The van der Waals surface area contributed by atoms with Crippen LogP contribution in [0.2, 0.25) is 0 Å². The van der Waals surface area contributed by atoms with E-state index in [0.29, 0.717) is 22.7 Å². The van der Waals surface area contributed by atoms with Gasteiger partial charge in [-0.05, 0) is 24.6 Å². The molecule has 2 aromatic carbocycles. The van der Waals surface area contributed by atoms with Crippen molar-refractivity contribution in [3.63, 3.8) is 0 Å². The molecule has 0 fully saturated rings. The van der Waals surface area contributed by atoms with E-state index >= 15 is 0 Å². The second-order valence-electron chi connectivity index (χ2n) is 4.77. The van der Waals surface area contributed by atoms with Gasteiger partial charge in [-0.2, -0.15) is 0 Å². The van der Waals surface area contributed by atoms with E-state index in [9.17, 15) is 20.2 Å². The van der Waals surface area contributed by atoms with Gasteiger partial charge in [-0.25, -0.2) is 0 Å². The van der Waals surface area contributed by atoms with Gasteiger partial charge in [-0.15, -0.1) is 10.2 Å². The topological polar surface area (TPSA) is 146 Å². The molecule has 124 valence electrons. The molecule has 24 heavy (non-hydrogen) atoms. The maximum absolute atomic E-state index is 11.1. The van der Waals surface area contributed by atoms with E-state index < -0.39 is 21.2 Å². The Kier molecular flexibility index (Phi) is 4.68. The van der Waals surface area contributed by atoms with Gasteiger partial charge in [0.15, 0.2) is 5.69 Å². The molecule has 0 aromatic heterocycles. The number of methoxy groups -OCH3 is 1. The summed E-state index contributed by atoms with van der Waals surface area (Å²) < 4.78 is 5.09. The Bertz CT molecular complexity index is 850. The van der Waals surface area contributed by atoms with Crippen molar-refractivity contribution in [3.8, 4) is 5.75 Å². The summed E-state index contributed by atoms with van der Waals surface area (Å²) in [6, 6.07) is 6.31. The zero-order chi connectivity index (χ0) is 17.9. The number of nitro benzene ring substituents is 2. The highest BCUT2D eigenvalue weighted by Gasteiger charge is 2.19. The molecule has 0 saturated carbocycles. The van der Waals surface area contributed by atoms with E-state index in [1.807, 2.05) is 0 Å². The Morgan fingerprint density at radius 2 is 1.71 bits per heavy atom. The van der Waals surface area contributed by atoms with Crippen molar-refractivity contribution in [2.24, 2.45) is 10.2 Å². The normalized spacial score (nSPS) is 10.8. The smallest absolute Gasteiger partial charge is 0.303 e. The lowest BCUT2D eigenvalue weighted by Crippen LogP contribution is -1.93. The lowest BCUT2D eigenvalue weighted by atomic mass is 10.1. The van der Waals surface area contributed by atoms with E-state index in [4.69, 9.17) is 10.5 Å². The standard InChI is InChI=1S/C14H13N5O5/c1-8-5-10(15)14(24-2)7-12(8)17-16-11-4-3-9(18(20)21)6-13(11)19(22)23/h3-7H,15H2,1-2H3/b17-16+. The first-order valence-corrected chi connectivity index (χ1v) is 6.62. The highest BCUT2D eigenvalue weighted by Crippen LogP contribution is 2.35. The van der Waals surface area contributed by atoms with Gasteiger partial charge in [0, 0.05) is 12.1 Å². The molecule has 10 heteroatoms. The van der Waals surface area contributed by atoms with Crippen molar-refractivity contribution < 1.29 is 14.6 Å². The molecule has 0 atom stereocenters. The number of non-ortho nitro benzene ring substituents is 1. The molecule has 2 aromatic rings. The molecule has 0 bridgehead atoms. The Hall–Kier alpha value is -3.56. The summed E-state index contributed by atoms with van der Waals surface area (Å²) in [4.78, 5) is 20.3. The number of nitrogens with two attached hydrogens (primary N) is 1. The molecule has 0 aliphatic rings. The number of rotatable bonds is 5.